The molecule has 0 unspecified atom stereocenters. The zero-order valence-corrected chi connectivity index (χ0v) is 10.1. The van der Waals surface area contributed by atoms with Gasteiger partial charge in [0.2, 0.25) is 5.91 Å². The molecule has 0 saturated heterocycles. The Bertz CT molecular complexity index is 423. The average molecular weight is 240 g/mol. The standard InChI is InChI=1S/C11H16N2O4/c1-7-9(11(15)16)4-8(17-7)5-12-6-10(14)13(2)3/h4,12H,5-6H2,1-3H3,(H,15,16). The summed E-state index contributed by atoms with van der Waals surface area (Å²) in [4.78, 5) is 23.5. The van der Waals surface area contributed by atoms with Crippen molar-refractivity contribution in [3.8, 4) is 0 Å². The summed E-state index contributed by atoms with van der Waals surface area (Å²) >= 11 is 0. The van der Waals surface area contributed by atoms with Crippen molar-refractivity contribution in [3.63, 3.8) is 0 Å². The highest BCUT2D eigenvalue weighted by atomic mass is 16.4. The molecular formula is C11H16N2O4. The predicted octanol–water partition coefficient (Wildman–Crippen LogP) is 0.464. The van der Waals surface area contributed by atoms with Gasteiger partial charge in [0.05, 0.1) is 13.1 Å². The maximum Gasteiger partial charge on any atom is 0.339 e. The number of rotatable bonds is 5. The molecule has 1 aromatic rings. The van der Waals surface area contributed by atoms with Crippen molar-refractivity contribution in [2.24, 2.45) is 0 Å². The number of hydrogen-bond donors (Lipinski definition) is 2. The number of amides is 1. The van der Waals surface area contributed by atoms with E-state index >= 15 is 0 Å². The first-order chi connectivity index (χ1) is 7.91. The summed E-state index contributed by atoms with van der Waals surface area (Å²) in [6, 6.07) is 1.46. The van der Waals surface area contributed by atoms with E-state index in [0.29, 0.717) is 18.1 Å². The van der Waals surface area contributed by atoms with Crippen molar-refractivity contribution in [2.45, 2.75) is 13.5 Å². The molecule has 0 atom stereocenters. The van der Waals surface area contributed by atoms with Gasteiger partial charge in [-0.1, -0.05) is 0 Å². The molecular weight excluding hydrogens is 224 g/mol. The fourth-order valence-electron chi connectivity index (χ4n) is 1.29. The Hall–Kier alpha value is -1.82. The molecule has 1 amide bonds. The van der Waals surface area contributed by atoms with E-state index in [0.717, 1.165) is 0 Å². The molecule has 0 bridgehead atoms. The summed E-state index contributed by atoms with van der Waals surface area (Å²) < 4.78 is 5.25. The van der Waals surface area contributed by atoms with Gasteiger partial charge in [-0.2, -0.15) is 0 Å². The number of aryl methyl sites for hydroxylation is 1. The quantitative estimate of drug-likeness (QED) is 0.781. The van der Waals surface area contributed by atoms with Crippen LogP contribution in [-0.2, 0) is 11.3 Å². The number of carbonyl (C=O) groups excluding carboxylic acids is 1. The van der Waals surface area contributed by atoms with Gasteiger partial charge in [0.15, 0.2) is 0 Å². The molecule has 6 nitrogen and oxygen atoms in total. The second-order valence-corrected chi connectivity index (χ2v) is 3.88. The lowest BCUT2D eigenvalue weighted by atomic mass is 10.2. The minimum absolute atomic E-state index is 0.0493. The Labute approximate surface area is 99.2 Å². The summed E-state index contributed by atoms with van der Waals surface area (Å²) in [6.07, 6.45) is 0. The number of hydrogen-bond acceptors (Lipinski definition) is 4. The molecule has 0 spiro atoms. The number of aromatic carboxylic acids is 1. The second-order valence-electron chi connectivity index (χ2n) is 3.88. The minimum atomic E-state index is -1.01. The Morgan fingerprint density at radius 1 is 1.47 bits per heavy atom. The lowest BCUT2D eigenvalue weighted by molar-refractivity contribution is -0.127. The topological polar surface area (TPSA) is 82.8 Å². The third kappa shape index (κ3) is 3.60. The third-order valence-electron chi connectivity index (χ3n) is 2.27. The fourth-order valence-corrected chi connectivity index (χ4v) is 1.29. The molecule has 17 heavy (non-hydrogen) atoms. The Kier molecular flexibility index (Phi) is 4.28. The summed E-state index contributed by atoms with van der Waals surface area (Å²) in [6.45, 7) is 2.11. The van der Waals surface area contributed by atoms with Crippen molar-refractivity contribution < 1.29 is 19.1 Å². The van der Waals surface area contributed by atoms with E-state index in [4.69, 9.17) is 9.52 Å². The van der Waals surface area contributed by atoms with Crippen LogP contribution >= 0.6 is 0 Å². The Balaban J connectivity index is 2.50. The van der Waals surface area contributed by atoms with E-state index in [9.17, 15) is 9.59 Å². The molecule has 0 radical (unpaired) electrons. The summed E-state index contributed by atoms with van der Waals surface area (Å²) in [5, 5.41) is 11.7. The first-order valence-electron chi connectivity index (χ1n) is 5.15. The molecule has 94 valence electrons. The SMILES string of the molecule is Cc1oc(CNCC(=O)N(C)C)cc1C(=O)O. The molecule has 0 aliphatic rings. The highest BCUT2D eigenvalue weighted by Gasteiger charge is 2.13. The highest BCUT2D eigenvalue weighted by molar-refractivity contribution is 5.88. The molecule has 0 aliphatic carbocycles. The molecule has 1 rings (SSSR count). The van der Waals surface area contributed by atoms with Crippen molar-refractivity contribution in [1.29, 1.82) is 0 Å². The zero-order valence-electron chi connectivity index (χ0n) is 10.1. The van der Waals surface area contributed by atoms with Crippen molar-refractivity contribution in [2.75, 3.05) is 20.6 Å². The van der Waals surface area contributed by atoms with Gasteiger partial charge in [0.1, 0.15) is 17.1 Å². The lowest BCUT2D eigenvalue weighted by Gasteiger charge is -2.09. The number of furan rings is 1. The van der Waals surface area contributed by atoms with Gasteiger partial charge in [0, 0.05) is 14.1 Å². The van der Waals surface area contributed by atoms with E-state index in [1.54, 1.807) is 21.0 Å². The molecule has 1 heterocycles. The van der Waals surface area contributed by atoms with Gasteiger partial charge < -0.3 is 19.7 Å². The van der Waals surface area contributed by atoms with Crippen LogP contribution in [0.25, 0.3) is 0 Å². The number of carbonyl (C=O) groups is 2. The van der Waals surface area contributed by atoms with Gasteiger partial charge in [-0.05, 0) is 13.0 Å². The highest BCUT2D eigenvalue weighted by Crippen LogP contribution is 2.14. The van der Waals surface area contributed by atoms with Gasteiger partial charge in [0.25, 0.3) is 0 Å². The van der Waals surface area contributed by atoms with Crippen LogP contribution in [0, 0.1) is 6.92 Å². The van der Waals surface area contributed by atoms with Crippen LogP contribution in [0.5, 0.6) is 0 Å². The maximum atomic E-state index is 11.3. The Morgan fingerprint density at radius 3 is 2.59 bits per heavy atom. The number of nitrogens with zero attached hydrogens (tertiary/aromatic N) is 1. The number of carboxylic acids is 1. The molecule has 0 aromatic carbocycles. The fraction of sp³-hybridized carbons (Fsp3) is 0.455. The second kappa shape index (κ2) is 5.49. The first-order valence-corrected chi connectivity index (χ1v) is 5.15. The minimum Gasteiger partial charge on any atom is -0.478 e. The summed E-state index contributed by atoms with van der Waals surface area (Å²) in [5.41, 5.74) is 0.153. The van der Waals surface area contributed by atoms with Gasteiger partial charge >= 0.3 is 5.97 Å². The van der Waals surface area contributed by atoms with Crippen LogP contribution in [0.3, 0.4) is 0 Å². The van der Waals surface area contributed by atoms with E-state index in [2.05, 4.69) is 5.32 Å². The lowest BCUT2D eigenvalue weighted by Crippen LogP contribution is -2.32. The van der Waals surface area contributed by atoms with Crippen LogP contribution in [-0.4, -0.2) is 42.5 Å². The molecule has 0 saturated carbocycles. The molecule has 6 heteroatoms. The number of carboxylic acid groups (broad SMARTS) is 1. The average Bonchev–Trinajstić information content (AvgIpc) is 2.59. The van der Waals surface area contributed by atoms with Crippen molar-refractivity contribution in [3.05, 3.63) is 23.2 Å². The molecule has 0 aliphatic heterocycles. The van der Waals surface area contributed by atoms with Crippen LogP contribution in [0.1, 0.15) is 21.9 Å². The smallest absolute Gasteiger partial charge is 0.339 e. The van der Waals surface area contributed by atoms with Crippen LogP contribution < -0.4 is 5.32 Å². The third-order valence-corrected chi connectivity index (χ3v) is 2.27. The molecule has 2 N–H and O–H groups in total. The van der Waals surface area contributed by atoms with Crippen molar-refractivity contribution in [1.82, 2.24) is 10.2 Å². The number of nitrogens with one attached hydrogen (secondary N) is 1. The van der Waals surface area contributed by atoms with Gasteiger partial charge in [-0.15, -0.1) is 0 Å². The normalized spacial score (nSPS) is 10.3. The van der Waals surface area contributed by atoms with E-state index in [1.807, 2.05) is 0 Å². The first kappa shape index (κ1) is 13.2. The van der Waals surface area contributed by atoms with Crippen molar-refractivity contribution >= 4 is 11.9 Å². The molecule has 0 fully saturated rings. The van der Waals surface area contributed by atoms with Gasteiger partial charge in [-0.3, -0.25) is 4.79 Å². The zero-order chi connectivity index (χ0) is 13.0. The van der Waals surface area contributed by atoms with Crippen LogP contribution in [0.15, 0.2) is 10.5 Å². The van der Waals surface area contributed by atoms with Crippen LogP contribution in [0.4, 0.5) is 0 Å². The molecule has 1 aromatic heterocycles. The maximum absolute atomic E-state index is 11.3. The monoisotopic (exact) mass is 240 g/mol. The van der Waals surface area contributed by atoms with Crippen LogP contribution in [0.2, 0.25) is 0 Å². The van der Waals surface area contributed by atoms with E-state index < -0.39 is 5.97 Å². The summed E-state index contributed by atoms with van der Waals surface area (Å²) in [7, 11) is 3.34. The summed E-state index contributed by atoms with van der Waals surface area (Å²) in [5.74, 6) is -0.187. The van der Waals surface area contributed by atoms with E-state index in [-0.39, 0.29) is 18.0 Å². The predicted molar refractivity (Wildman–Crippen MR) is 60.8 cm³/mol. The largest absolute Gasteiger partial charge is 0.478 e. The van der Waals surface area contributed by atoms with E-state index in [1.165, 1.54) is 11.0 Å². The number of likely N-dealkylation sites (N-methyl/N-ethyl adjacent to an activating group) is 1. The Morgan fingerprint density at radius 2 is 2.12 bits per heavy atom. The van der Waals surface area contributed by atoms with Gasteiger partial charge in [-0.25, -0.2) is 4.79 Å².